The monoisotopic (exact) mass is 248 g/mol. The van der Waals surface area contributed by atoms with Crippen LogP contribution >= 0.6 is 0 Å². The van der Waals surface area contributed by atoms with Gasteiger partial charge < -0.3 is 15.7 Å². The molecule has 0 atom stereocenters. The van der Waals surface area contributed by atoms with Crippen molar-refractivity contribution < 1.29 is 9.90 Å². The molecule has 0 amide bonds. The summed E-state index contributed by atoms with van der Waals surface area (Å²) in [4.78, 5) is 19.0. The molecule has 0 saturated heterocycles. The highest BCUT2D eigenvalue weighted by molar-refractivity contribution is 5.96. The minimum Gasteiger partial charge on any atom is -0.478 e. The van der Waals surface area contributed by atoms with Gasteiger partial charge in [0.1, 0.15) is 0 Å². The van der Waals surface area contributed by atoms with Crippen LogP contribution in [-0.2, 0) is 0 Å². The molecule has 1 aliphatic heterocycles. The van der Waals surface area contributed by atoms with Gasteiger partial charge in [-0.2, -0.15) is 0 Å². The highest BCUT2D eigenvalue weighted by Crippen LogP contribution is 2.14. The van der Waals surface area contributed by atoms with E-state index in [1.54, 1.807) is 6.20 Å². The molecule has 0 radical (unpaired) electrons. The highest BCUT2D eigenvalue weighted by atomic mass is 16.4. The van der Waals surface area contributed by atoms with Crippen LogP contribution in [0, 0.1) is 0 Å². The lowest BCUT2D eigenvalue weighted by Gasteiger charge is -2.31. The topological polar surface area (TPSA) is 86.6 Å². The summed E-state index contributed by atoms with van der Waals surface area (Å²) in [5.74, 6) is -0.347. The molecule has 6 heteroatoms. The molecule has 6 nitrogen and oxygen atoms in total. The van der Waals surface area contributed by atoms with Gasteiger partial charge in [0.2, 0.25) is 0 Å². The van der Waals surface area contributed by atoms with Gasteiger partial charge in [-0.05, 0) is 26.3 Å². The Morgan fingerprint density at radius 1 is 1.50 bits per heavy atom. The number of anilines is 1. The lowest BCUT2D eigenvalue weighted by atomic mass is 10.00. The van der Waals surface area contributed by atoms with E-state index in [2.05, 4.69) is 34.5 Å². The van der Waals surface area contributed by atoms with E-state index in [0.29, 0.717) is 11.6 Å². The Labute approximate surface area is 105 Å². The molecule has 3 N–H and O–H groups in total. The zero-order valence-corrected chi connectivity index (χ0v) is 10.4. The summed E-state index contributed by atoms with van der Waals surface area (Å²) in [6.07, 6.45) is 3.84. The standard InChI is InChI=1S/C12H16N4O2/c1-12(2)3-4-14-11(16-12)15-9-5-8(10(17)18)6-13-7-9/h5-7H,3-4H2,1-2H3,(H,17,18)(H2,14,15,16). The fourth-order valence-electron chi connectivity index (χ4n) is 1.70. The van der Waals surface area contributed by atoms with E-state index >= 15 is 0 Å². The maximum atomic E-state index is 10.8. The molecule has 1 aliphatic rings. The maximum absolute atomic E-state index is 10.8. The third kappa shape index (κ3) is 2.97. The van der Waals surface area contributed by atoms with Crippen LogP contribution in [0.25, 0.3) is 0 Å². The minimum atomic E-state index is -0.995. The number of aromatic carboxylic acids is 1. The number of hydrogen-bond donors (Lipinski definition) is 3. The lowest BCUT2D eigenvalue weighted by molar-refractivity contribution is 0.0696. The molecule has 0 aromatic carbocycles. The molecule has 2 rings (SSSR count). The van der Waals surface area contributed by atoms with Crippen molar-refractivity contribution in [2.24, 2.45) is 4.99 Å². The van der Waals surface area contributed by atoms with E-state index in [9.17, 15) is 4.79 Å². The van der Waals surface area contributed by atoms with Crippen molar-refractivity contribution in [1.82, 2.24) is 10.3 Å². The van der Waals surface area contributed by atoms with E-state index in [-0.39, 0.29) is 11.1 Å². The van der Waals surface area contributed by atoms with Crippen LogP contribution in [0.15, 0.2) is 23.5 Å². The first-order chi connectivity index (χ1) is 8.46. The summed E-state index contributed by atoms with van der Waals surface area (Å²) in [5.41, 5.74) is 0.747. The Balaban J connectivity index is 2.12. The van der Waals surface area contributed by atoms with Crippen LogP contribution in [0.3, 0.4) is 0 Å². The summed E-state index contributed by atoms with van der Waals surface area (Å²) >= 11 is 0. The van der Waals surface area contributed by atoms with Crippen LogP contribution < -0.4 is 10.6 Å². The number of carbonyl (C=O) groups is 1. The number of rotatable bonds is 2. The average Bonchev–Trinajstić information content (AvgIpc) is 2.28. The van der Waals surface area contributed by atoms with Gasteiger partial charge in [-0.3, -0.25) is 9.98 Å². The molecule has 18 heavy (non-hydrogen) atoms. The number of hydrogen-bond acceptors (Lipinski definition) is 5. The zero-order chi connectivity index (χ0) is 13.2. The van der Waals surface area contributed by atoms with Gasteiger partial charge in [0.05, 0.1) is 17.4 Å². The largest absolute Gasteiger partial charge is 0.478 e. The summed E-state index contributed by atoms with van der Waals surface area (Å²) in [7, 11) is 0. The number of carboxylic acid groups (broad SMARTS) is 1. The molecule has 1 aromatic rings. The molecule has 0 saturated carbocycles. The summed E-state index contributed by atoms with van der Waals surface area (Å²) in [5, 5.41) is 15.2. The van der Waals surface area contributed by atoms with Gasteiger partial charge in [0.25, 0.3) is 0 Å². The number of nitrogens with zero attached hydrogens (tertiary/aromatic N) is 2. The van der Waals surface area contributed by atoms with Crippen molar-refractivity contribution in [3.8, 4) is 0 Å². The Bertz CT molecular complexity index is 497. The number of carboxylic acids is 1. The Kier molecular flexibility index (Phi) is 3.18. The maximum Gasteiger partial charge on any atom is 0.337 e. The van der Waals surface area contributed by atoms with Gasteiger partial charge in [-0.15, -0.1) is 0 Å². The molecular weight excluding hydrogens is 232 g/mol. The fraction of sp³-hybridized carbons (Fsp3) is 0.417. The van der Waals surface area contributed by atoms with Crippen molar-refractivity contribution in [1.29, 1.82) is 0 Å². The molecule has 0 spiro atoms. The van der Waals surface area contributed by atoms with Gasteiger partial charge in [-0.1, -0.05) is 0 Å². The van der Waals surface area contributed by atoms with Crippen molar-refractivity contribution in [3.05, 3.63) is 24.0 Å². The van der Waals surface area contributed by atoms with Gasteiger partial charge in [-0.25, -0.2) is 4.79 Å². The summed E-state index contributed by atoms with van der Waals surface area (Å²) < 4.78 is 0. The van der Waals surface area contributed by atoms with Crippen LogP contribution in [0.2, 0.25) is 0 Å². The van der Waals surface area contributed by atoms with Crippen molar-refractivity contribution >= 4 is 17.6 Å². The number of aliphatic imine (C=N–C) groups is 1. The van der Waals surface area contributed by atoms with E-state index in [1.165, 1.54) is 12.3 Å². The minimum absolute atomic E-state index is 0.0120. The Morgan fingerprint density at radius 3 is 2.94 bits per heavy atom. The Morgan fingerprint density at radius 2 is 2.28 bits per heavy atom. The van der Waals surface area contributed by atoms with Gasteiger partial charge in [0.15, 0.2) is 5.96 Å². The number of pyridine rings is 1. The first kappa shape index (κ1) is 12.3. The van der Waals surface area contributed by atoms with Crippen molar-refractivity contribution in [2.45, 2.75) is 25.8 Å². The normalized spacial score (nSPS) is 17.6. The third-order valence-corrected chi connectivity index (χ3v) is 2.71. The molecular formula is C12H16N4O2. The van der Waals surface area contributed by atoms with Crippen LogP contribution in [0.1, 0.15) is 30.6 Å². The van der Waals surface area contributed by atoms with Crippen LogP contribution in [-0.4, -0.2) is 34.1 Å². The highest BCUT2D eigenvalue weighted by Gasteiger charge is 2.22. The SMILES string of the molecule is CC1(C)CCN=C(Nc2cncc(C(=O)O)c2)N1. The molecule has 0 unspecified atom stereocenters. The summed E-state index contributed by atoms with van der Waals surface area (Å²) in [6.45, 7) is 4.93. The van der Waals surface area contributed by atoms with Crippen molar-refractivity contribution in [2.75, 3.05) is 11.9 Å². The van der Waals surface area contributed by atoms with Crippen LogP contribution in [0.5, 0.6) is 0 Å². The number of nitrogens with one attached hydrogen (secondary N) is 2. The zero-order valence-electron chi connectivity index (χ0n) is 10.4. The molecule has 96 valence electrons. The predicted molar refractivity (Wildman–Crippen MR) is 69.0 cm³/mol. The number of aromatic nitrogens is 1. The van der Waals surface area contributed by atoms with Gasteiger partial charge in [0, 0.05) is 18.3 Å². The van der Waals surface area contributed by atoms with E-state index in [1.807, 2.05) is 0 Å². The second kappa shape index (κ2) is 4.64. The fourth-order valence-corrected chi connectivity index (χ4v) is 1.70. The van der Waals surface area contributed by atoms with E-state index in [4.69, 9.17) is 5.11 Å². The molecule has 0 bridgehead atoms. The quantitative estimate of drug-likeness (QED) is 0.734. The second-order valence-corrected chi connectivity index (χ2v) is 4.88. The van der Waals surface area contributed by atoms with Crippen LogP contribution in [0.4, 0.5) is 5.69 Å². The first-order valence-corrected chi connectivity index (χ1v) is 5.74. The molecule has 2 heterocycles. The van der Waals surface area contributed by atoms with E-state index in [0.717, 1.165) is 13.0 Å². The first-order valence-electron chi connectivity index (χ1n) is 5.74. The molecule has 0 aliphatic carbocycles. The lowest BCUT2D eigenvalue weighted by Crippen LogP contribution is -2.49. The molecule has 0 fully saturated rings. The summed E-state index contributed by atoms with van der Waals surface area (Å²) in [6, 6.07) is 1.53. The van der Waals surface area contributed by atoms with E-state index < -0.39 is 5.97 Å². The van der Waals surface area contributed by atoms with Gasteiger partial charge >= 0.3 is 5.97 Å². The predicted octanol–water partition coefficient (Wildman–Crippen LogP) is 1.32. The Hall–Kier alpha value is -2.11. The smallest absolute Gasteiger partial charge is 0.337 e. The third-order valence-electron chi connectivity index (χ3n) is 2.71. The van der Waals surface area contributed by atoms with Crippen molar-refractivity contribution in [3.63, 3.8) is 0 Å². The molecule has 1 aromatic heterocycles. The number of guanidine groups is 1. The second-order valence-electron chi connectivity index (χ2n) is 4.88. The average molecular weight is 248 g/mol.